The highest BCUT2D eigenvalue weighted by atomic mass is 35.5. The van der Waals surface area contributed by atoms with E-state index in [1.54, 1.807) is 48.5 Å². The molecule has 2 aromatic carbocycles. The van der Waals surface area contributed by atoms with Crippen molar-refractivity contribution in [1.82, 2.24) is 10.1 Å². The first-order chi connectivity index (χ1) is 14.6. The van der Waals surface area contributed by atoms with Crippen LogP contribution in [0.2, 0.25) is 5.02 Å². The Morgan fingerprint density at radius 1 is 1.03 bits per heavy atom. The van der Waals surface area contributed by atoms with Crippen molar-refractivity contribution in [1.29, 1.82) is 0 Å². The Hall–Kier alpha value is -3.78. The molecule has 0 saturated carbocycles. The molecule has 8 nitrogen and oxygen atoms in total. The first kappa shape index (κ1) is 19.5. The summed E-state index contributed by atoms with van der Waals surface area (Å²) in [7, 11) is 0. The van der Waals surface area contributed by atoms with Crippen molar-refractivity contribution in [2.75, 3.05) is 6.61 Å². The van der Waals surface area contributed by atoms with Gasteiger partial charge in [0, 0.05) is 5.56 Å². The lowest BCUT2D eigenvalue weighted by atomic mass is 10.2. The quantitative estimate of drug-likeness (QED) is 0.452. The fraction of sp³-hybridized carbons (Fsp3) is 0.0952. The number of furan rings is 1. The second-order valence-electron chi connectivity index (χ2n) is 6.19. The molecule has 2 N–H and O–H groups in total. The molecular weight excluding hydrogens is 410 g/mol. The summed E-state index contributed by atoms with van der Waals surface area (Å²) in [6.07, 6.45) is 0. The van der Waals surface area contributed by atoms with Gasteiger partial charge in [-0.15, -0.1) is 0 Å². The molecule has 2 heterocycles. The van der Waals surface area contributed by atoms with E-state index in [0.717, 1.165) is 0 Å². The number of rotatable bonds is 8. The Labute approximate surface area is 176 Å². The summed E-state index contributed by atoms with van der Waals surface area (Å²) >= 11 is 6.08. The first-order valence-corrected chi connectivity index (χ1v) is 9.28. The van der Waals surface area contributed by atoms with Crippen LogP contribution < -0.4 is 15.2 Å². The molecular formula is C21H16ClN3O5. The molecule has 9 heteroatoms. The number of hydrogen-bond donors (Lipinski definition) is 1. The number of carbonyl (C=O) groups excluding carboxylic acids is 1. The lowest BCUT2D eigenvalue weighted by Gasteiger charge is -2.05. The minimum Gasteiger partial charge on any atom is -0.484 e. The average Bonchev–Trinajstić information content (AvgIpc) is 3.42. The maximum Gasteiger partial charge on any atom is 0.293 e. The topological polar surface area (TPSA) is 114 Å². The minimum absolute atomic E-state index is 0.188. The van der Waals surface area contributed by atoms with Crippen molar-refractivity contribution in [3.63, 3.8) is 0 Å². The Kier molecular flexibility index (Phi) is 5.67. The van der Waals surface area contributed by atoms with Gasteiger partial charge in [-0.3, -0.25) is 4.79 Å². The maximum atomic E-state index is 10.8. The van der Waals surface area contributed by atoms with Crippen LogP contribution in [0.1, 0.15) is 5.76 Å². The van der Waals surface area contributed by atoms with Crippen molar-refractivity contribution in [3.8, 4) is 34.5 Å². The van der Waals surface area contributed by atoms with E-state index in [1.807, 2.05) is 12.1 Å². The maximum absolute atomic E-state index is 10.8. The van der Waals surface area contributed by atoms with E-state index in [9.17, 15) is 4.79 Å². The molecule has 0 saturated heterocycles. The van der Waals surface area contributed by atoms with Crippen LogP contribution in [0.25, 0.3) is 23.0 Å². The number of ether oxygens (including phenoxy) is 2. The van der Waals surface area contributed by atoms with E-state index in [-0.39, 0.29) is 19.1 Å². The molecule has 0 aliphatic rings. The van der Waals surface area contributed by atoms with Crippen LogP contribution >= 0.6 is 11.6 Å². The lowest BCUT2D eigenvalue weighted by Crippen LogP contribution is -2.19. The Morgan fingerprint density at radius 3 is 2.60 bits per heavy atom. The highest BCUT2D eigenvalue weighted by Crippen LogP contribution is 2.27. The van der Waals surface area contributed by atoms with E-state index in [4.69, 9.17) is 35.7 Å². The van der Waals surface area contributed by atoms with Gasteiger partial charge in [0.05, 0.1) is 5.02 Å². The van der Waals surface area contributed by atoms with Crippen LogP contribution in [0.15, 0.2) is 69.6 Å². The molecule has 1 amide bonds. The molecule has 30 heavy (non-hydrogen) atoms. The number of aromatic nitrogens is 2. The predicted molar refractivity (Wildman–Crippen MR) is 108 cm³/mol. The van der Waals surface area contributed by atoms with Crippen LogP contribution in [-0.4, -0.2) is 22.7 Å². The van der Waals surface area contributed by atoms with Gasteiger partial charge in [0.25, 0.3) is 11.8 Å². The number of nitrogens with zero attached hydrogens (tertiary/aromatic N) is 2. The fourth-order valence-electron chi connectivity index (χ4n) is 2.58. The summed E-state index contributed by atoms with van der Waals surface area (Å²) in [4.78, 5) is 15.1. The molecule has 152 valence electrons. The summed E-state index contributed by atoms with van der Waals surface area (Å²) in [5.74, 6) is 2.17. The van der Waals surface area contributed by atoms with Gasteiger partial charge in [-0.2, -0.15) is 4.98 Å². The van der Waals surface area contributed by atoms with Crippen molar-refractivity contribution in [2.45, 2.75) is 6.61 Å². The van der Waals surface area contributed by atoms with Crippen LogP contribution in [0.4, 0.5) is 0 Å². The van der Waals surface area contributed by atoms with Crippen molar-refractivity contribution >= 4 is 17.5 Å². The highest BCUT2D eigenvalue weighted by molar-refractivity contribution is 6.32. The lowest BCUT2D eigenvalue weighted by molar-refractivity contribution is -0.119. The Morgan fingerprint density at radius 2 is 1.83 bits per heavy atom. The second kappa shape index (κ2) is 8.71. The van der Waals surface area contributed by atoms with Crippen LogP contribution in [0, 0.1) is 0 Å². The fourth-order valence-corrected chi connectivity index (χ4v) is 2.77. The Balaban J connectivity index is 1.42. The predicted octanol–water partition coefficient (Wildman–Crippen LogP) is 4.09. The number of carbonyl (C=O) groups is 1. The van der Waals surface area contributed by atoms with Gasteiger partial charge >= 0.3 is 0 Å². The van der Waals surface area contributed by atoms with Crippen molar-refractivity contribution in [2.24, 2.45) is 5.73 Å². The summed E-state index contributed by atoms with van der Waals surface area (Å²) < 4.78 is 21.9. The van der Waals surface area contributed by atoms with Crippen LogP contribution in [-0.2, 0) is 11.4 Å². The zero-order chi connectivity index (χ0) is 20.9. The smallest absolute Gasteiger partial charge is 0.293 e. The van der Waals surface area contributed by atoms with Gasteiger partial charge < -0.3 is 24.1 Å². The number of nitrogens with two attached hydrogens (primary N) is 1. The zero-order valence-corrected chi connectivity index (χ0v) is 16.3. The largest absolute Gasteiger partial charge is 0.484 e. The van der Waals surface area contributed by atoms with Gasteiger partial charge in [-0.1, -0.05) is 28.9 Å². The average molecular weight is 426 g/mol. The third-order valence-corrected chi connectivity index (χ3v) is 4.31. The third-order valence-electron chi connectivity index (χ3n) is 4.00. The third kappa shape index (κ3) is 4.61. The molecule has 0 fully saturated rings. The summed E-state index contributed by atoms with van der Waals surface area (Å²) in [5.41, 5.74) is 5.77. The molecule has 0 radical (unpaired) electrons. The van der Waals surface area contributed by atoms with Crippen molar-refractivity contribution in [3.05, 3.63) is 71.4 Å². The molecule has 4 aromatic rings. The number of para-hydroxylation sites is 1. The molecule has 0 unspecified atom stereocenters. The van der Waals surface area contributed by atoms with Gasteiger partial charge in [-0.25, -0.2) is 0 Å². The molecule has 0 aliphatic carbocycles. The zero-order valence-electron chi connectivity index (χ0n) is 15.6. The van der Waals surface area contributed by atoms with Gasteiger partial charge in [0.2, 0.25) is 5.82 Å². The molecule has 0 atom stereocenters. The van der Waals surface area contributed by atoms with Crippen molar-refractivity contribution < 1.29 is 23.2 Å². The van der Waals surface area contributed by atoms with E-state index < -0.39 is 5.91 Å². The molecule has 0 aliphatic heterocycles. The number of amides is 1. The first-order valence-electron chi connectivity index (χ1n) is 8.90. The van der Waals surface area contributed by atoms with Gasteiger partial charge in [0.15, 0.2) is 12.4 Å². The van der Waals surface area contributed by atoms with E-state index >= 15 is 0 Å². The van der Waals surface area contributed by atoms with Crippen LogP contribution in [0.3, 0.4) is 0 Å². The Bertz CT molecular complexity index is 1150. The van der Waals surface area contributed by atoms with E-state index in [2.05, 4.69) is 10.1 Å². The monoisotopic (exact) mass is 425 g/mol. The SMILES string of the molecule is NC(=O)COc1ccc(-c2noc(-c3ccc(COc4ccccc4Cl)o3)n2)cc1. The number of benzene rings is 2. The van der Waals surface area contributed by atoms with E-state index in [0.29, 0.717) is 39.4 Å². The summed E-state index contributed by atoms with van der Waals surface area (Å²) in [5, 5.41) is 4.50. The summed E-state index contributed by atoms with van der Waals surface area (Å²) in [6, 6.07) is 17.6. The standard InChI is InChI=1S/C21H16ClN3O5/c22-16-3-1-2-4-17(16)28-11-15-9-10-18(29-15)21-24-20(25-30-21)13-5-7-14(8-6-13)27-12-19(23)26/h1-10H,11-12H2,(H2,23,26). The summed E-state index contributed by atoms with van der Waals surface area (Å²) in [6.45, 7) is 0.0181. The highest BCUT2D eigenvalue weighted by Gasteiger charge is 2.15. The van der Waals surface area contributed by atoms with Gasteiger partial charge in [-0.05, 0) is 48.5 Å². The van der Waals surface area contributed by atoms with Crippen LogP contribution in [0.5, 0.6) is 11.5 Å². The minimum atomic E-state index is -0.544. The number of hydrogen-bond acceptors (Lipinski definition) is 7. The van der Waals surface area contributed by atoms with E-state index in [1.165, 1.54) is 0 Å². The number of halogens is 1. The molecule has 0 spiro atoms. The normalized spacial score (nSPS) is 10.7. The van der Waals surface area contributed by atoms with Gasteiger partial charge in [0.1, 0.15) is 23.9 Å². The molecule has 4 rings (SSSR count). The molecule has 0 bridgehead atoms. The molecule has 2 aromatic heterocycles. The second-order valence-corrected chi connectivity index (χ2v) is 6.59. The number of primary amides is 1.